The van der Waals surface area contributed by atoms with Crippen molar-refractivity contribution in [2.24, 2.45) is 0 Å². The van der Waals surface area contributed by atoms with Gasteiger partial charge >= 0.3 is 47.8 Å². The van der Waals surface area contributed by atoms with Gasteiger partial charge in [-0.25, -0.2) is 38.4 Å². The van der Waals surface area contributed by atoms with E-state index in [1.54, 1.807) is 0 Å². The van der Waals surface area contributed by atoms with Gasteiger partial charge < -0.3 is 179 Å². The molecule has 113 heavy (non-hydrogen) atoms. The molecule has 0 aromatic heterocycles. The monoisotopic (exact) mass is 1590 g/mol. The fourth-order valence-electron chi connectivity index (χ4n) is 11.4. The third-order valence-electron chi connectivity index (χ3n) is 17.0. The quantitative estimate of drug-likeness (QED) is 0.0374. The third kappa shape index (κ3) is 14.8. The number of fused-ring (bicyclic) bond motifs is 4. The molecule has 44 heteroatoms. The van der Waals surface area contributed by atoms with E-state index < -0.39 is 322 Å². The van der Waals surface area contributed by atoms with Gasteiger partial charge in [-0.3, -0.25) is 0 Å². The number of benzene rings is 8. The number of ether oxygens (including phenoxy) is 12. The minimum Gasteiger partial charge on any atom is -0.504 e. The van der Waals surface area contributed by atoms with Crippen LogP contribution >= 0.6 is 0 Å². The van der Waals surface area contributed by atoms with E-state index >= 15 is 4.79 Å². The zero-order valence-electron chi connectivity index (χ0n) is 56.1. The molecule has 3 aliphatic heterocycles. The molecule has 11 rings (SSSR count). The average Bonchev–Trinajstić information content (AvgIpc) is 1.74. The molecule has 44 nitrogen and oxygen atoms in total. The first kappa shape index (κ1) is 78.6. The average molecular weight is 1590 g/mol. The minimum absolute atomic E-state index is 0.176. The van der Waals surface area contributed by atoms with Gasteiger partial charge in [-0.15, -0.1) is 0 Å². The number of aromatic hydroxyl groups is 22. The van der Waals surface area contributed by atoms with Crippen LogP contribution in [-0.4, -0.2) is 252 Å². The Morgan fingerprint density at radius 1 is 0.372 bits per heavy atom. The molecular formula is C69H54O44. The van der Waals surface area contributed by atoms with E-state index in [0.29, 0.717) is 72.8 Å². The van der Waals surface area contributed by atoms with Gasteiger partial charge in [0.25, 0.3) is 0 Å². The summed E-state index contributed by atoms with van der Waals surface area (Å²) < 4.78 is 66.6. The molecule has 24 N–H and O–H groups in total. The van der Waals surface area contributed by atoms with Gasteiger partial charge in [-0.05, 0) is 72.8 Å². The number of aliphatic hydroxyl groups excluding tert-OH is 2. The zero-order chi connectivity index (χ0) is 82.7. The molecule has 0 saturated carbocycles. The number of methoxy groups -OCH3 is 1. The Labute approximate surface area is 623 Å². The molecule has 0 aliphatic carbocycles. The highest BCUT2D eigenvalue weighted by Crippen LogP contribution is 2.55. The van der Waals surface area contributed by atoms with Crippen LogP contribution in [0.2, 0.25) is 0 Å². The van der Waals surface area contributed by atoms with Crippen LogP contribution in [0.15, 0.2) is 78.9 Å². The number of esters is 8. The van der Waals surface area contributed by atoms with Gasteiger partial charge in [0.2, 0.25) is 59.3 Å². The fraction of sp³-hybridized carbons (Fsp3) is 0.188. The molecule has 0 unspecified atom stereocenters. The maximum Gasteiger partial charge on any atom is 0.342 e. The van der Waals surface area contributed by atoms with E-state index in [1.165, 1.54) is 0 Å². The summed E-state index contributed by atoms with van der Waals surface area (Å²) in [4.78, 5) is 115. The van der Waals surface area contributed by atoms with Gasteiger partial charge in [-0.1, -0.05) is 0 Å². The van der Waals surface area contributed by atoms with Crippen LogP contribution in [0.3, 0.4) is 0 Å². The lowest BCUT2D eigenvalue weighted by atomic mass is 9.92. The maximum atomic E-state index is 15.2. The number of hydrogen-bond donors (Lipinski definition) is 24. The van der Waals surface area contributed by atoms with Crippen molar-refractivity contribution < 1.29 is 218 Å². The zero-order valence-corrected chi connectivity index (χ0v) is 56.1. The molecule has 0 radical (unpaired) electrons. The first-order valence-corrected chi connectivity index (χ1v) is 31.4. The molecule has 0 bridgehead atoms. The van der Waals surface area contributed by atoms with Gasteiger partial charge in [-0.2, -0.15) is 0 Å². The number of aliphatic hydroxyl groups is 2. The first-order valence-electron chi connectivity index (χ1n) is 31.4. The van der Waals surface area contributed by atoms with Crippen LogP contribution in [0.4, 0.5) is 0 Å². The summed E-state index contributed by atoms with van der Waals surface area (Å²) in [6, 6.07) is 5.69. The molecule has 10 atom stereocenters. The third-order valence-corrected chi connectivity index (χ3v) is 17.0. The van der Waals surface area contributed by atoms with E-state index in [4.69, 9.17) is 56.8 Å². The smallest absolute Gasteiger partial charge is 0.342 e. The van der Waals surface area contributed by atoms with Crippen molar-refractivity contribution in [1.82, 2.24) is 0 Å². The van der Waals surface area contributed by atoms with Crippen molar-refractivity contribution >= 4 is 47.8 Å². The Bertz CT molecular complexity index is 5210. The van der Waals surface area contributed by atoms with Gasteiger partial charge in [0.15, 0.2) is 128 Å². The fourth-order valence-corrected chi connectivity index (χ4v) is 11.4. The minimum atomic E-state index is -2.96. The Morgan fingerprint density at radius 3 is 1.18 bits per heavy atom. The number of carbonyl (C=O) groups excluding carboxylic acids is 8. The van der Waals surface area contributed by atoms with Gasteiger partial charge in [0, 0.05) is 17.2 Å². The maximum absolute atomic E-state index is 15.2. The summed E-state index contributed by atoms with van der Waals surface area (Å²) in [5.41, 5.74) is -10.8. The van der Waals surface area contributed by atoms with Crippen molar-refractivity contribution in [2.75, 3.05) is 20.3 Å². The molecule has 3 aliphatic rings. The second kappa shape index (κ2) is 30.3. The predicted molar refractivity (Wildman–Crippen MR) is 351 cm³/mol. The van der Waals surface area contributed by atoms with Crippen LogP contribution in [-0.2, 0) is 47.4 Å². The number of rotatable bonds is 16. The standard InChI is InChI=1S/C69H54O44/c1-102-37-11-21(8-31(77)45(37)86)64(98)113-69-59(57(109-61(95)18-4-27(73)43(84)28(74)5-18)55-39(105-69)16-103-65(99)22-12-32(78)46(87)50(91)40(22)41-23(66(100)107-55)13-33(79)47(88)51(41)92)111-67(101)24-14-34(80)48(89)52(93)53(24)106-54-35(81)9-20(10-36(54)82)63(97)112-68-58(110-62(96)19-6-29(75)44(85)30(76)7-19)56(49(90)38(15-70)104-68)108-60(94)17-2-25(71)42(83)26(72)3-17/h2-14,38-39,49,55-59,68-93H,15-16H2,1H3/t38-,39-,49-,55-,56+,57+,58-,59-,68+,69+/m1/s1. The van der Waals surface area contributed by atoms with E-state index in [0.717, 1.165) is 7.11 Å². The van der Waals surface area contributed by atoms with Crippen molar-refractivity contribution in [3.8, 4) is 155 Å². The predicted octanol–water partition coefficient (Wildman–Crippen LogP) is 2.09. The second-order valence-electron chi connectivity index (χ2n) is 24.1. The number of cyclic esters (lactones) is 1. The molecule has 2 fully saturated rings. The van der Waals surface area contributed by atoms with Crippen molar-refractivity contribution in [1.29, 1.82) is 0 Å². The highest BCUT2D eigenvalue weighted by atomic mass is 16.8. The van der Waals surface area contributed by atoms with Crippen LogP contribution in [0.25, 0.3) is 11.1 Å². The normalized spacial score (nSPS) is 19.8. The number of phenolic OH excluding ortho intramolecular Hbond substituents is 22. The lowest BCUT2D eigenvalue weighted by molar-refractivity contribution is -0.283. The van der Waals surface area contributed by atoms with Crippen LogP contribution in [0.5, 0.6) is 144 Å². The van der Waals surface area contributed by atoms with Crippen LogP contribution in [0.1, 0.15) is 82.9 Å². The summed E-state index contributed by atoms with van der Waals surface area (Å²) >= 11 is 0. The molecule has 3 heterocycles. The van der Waals surface area contributed by atoms with Crippen molar-refractivity contribution in [2.45, 2.75) is 61.4 Å². The second-order valence-corrected chi connectivity index (χ2v) is 24.1. The lowest BCUT2D eigenvalue weighted by Crippen LogP contribution is -2.63. The molecule has 594 valence electrons. The number of hydrogen-bond acceptors (Lipinski definition) is 44. The van der Waals surface area contributed by atoms with E-state index in [-0.39, 0.29) is 6.07 Å². The highest BCUT2D eigenvalue weighted by molar-refractivity contribution is 6.09. The highest BCUT2D eigenvalue weighted by Gasteiger charge is 2.57. The Hall–Kier alpha value is -15.4. The summed E-state index contributed by atoms with van der Waals surface area (Å²) in [5, 5.41) is 257. The molecule has 2 saturated heterocycles. The van der Waals surface area contributed by atoms with Crippen molar-refractivity contribution in [3.05, 3.63) is 123 Å². The van der Waals surface area contributed by atoms with Crippen molar-refractivity contribution in [3.63, 3.8) is 0 Å². The summed E-state index contributed by atoms with van der Waals surface area (Å²) in [7, 11) is 0.938. The summed E-state index contributed by atoms with van der Waals surface area (Å²) in [6.45, 7) is -2.73. The molecule has 0 spiro atoms. The van der Waals surface area contributed by atoms with Crippen LogP contribution in [0, 0.1) is 0 Å². The van der Waals surface area contributed by atoms with Gasteiger partial charge in [0.1, 0.15) is 30.5 Å². The Kier molecular flexibility index (Phi) is 21.1. The molecular weight excluding hydrogens is 1530 g/mol. The van der Waals surface area contributed by atoms with Gasteiger partial charge in [0.05, 0.1) is 52.7 Å². The Morgan fingerprint density at radius 2 is 0.726 bits per heavy atom. The largest absolute Gasteiger partial charge is 0.504 e. The molecule has 0 amide bonds. The number of carbonyl (C=O) groups is 8. The summed E-state index contributed by atoms with van der Waals surface area (Å²) in [5.74, 6) is -47.7. The topological polar surface area (TPSA) is 733 Å². The van der Waals surface area contributed by atoms with Crippen LogP contribution < -0.4 is 9.47 Å². The molecule has 8 aromatic carbocycles. The Balaban J connectivity index is 0.994. The van der Waals surface area contributed by atoms with E-state index in [9.17, 15) is 156 Å². The van der Waals surface area contributed by atoms with E-state index in [2.05, 4.69) is 0 Å². The van der Waals surface area contributed by atoms with E-state index in [1.807, 2.05) is 0 Å². The SMILES string of the molecule is COc1cc(C(=O)O[C@@H]2O[C@@H]3COC(=O)c4cc(O)c(O)c(O)c4-c4c(cc(O)c(O)c4O)C(=O)O[C@H]3[C@H](OC(=O)c3cc(O)c(O)c(O)c3)[C@H]2OC(=O)c2cc(O)c(O)c(O)c2Oc2c(O)cc(C(=O)O[C@@H]3O[C@H](CO)[C@@H](O)[C@H](OC(=O)c4cc(O)c(O)c(O)c4)[C@H]3OC(=O)c3cc(O)c(O)c(O)c3)cc2O)cc(O)c1O. The lowest BCUT2D eigenvalue weighted by Gasteiger charge is -2.43. The number of phenols is 22. The molecule has 8 aromatic rings. The summed E-state index contributed by atoms with van der Waals surface area (Å²) in [6.07, 6.45) is -25.7. The first-order chi connectivity index (χ1) is 53.2.